The average Bonchev–Trinajstić information content (AvgIpc) is 2.71. The van der Waals surface area contributed by atoms with Gasteiger partial charge < -0.3 is 9.72 Å². The van der Waals surface area contributed by atoms with E-state index < -0.39 is 5.97 Å². The Balaban J connectivity index is 1.62. The zero-order valence-electron chi connectivity index (χ0n) is 14.4. The molecule has 0 spiro atoms. The van der Waals surface area contributed by atoms with E-state index >= 15 is 0 Å². The fraction of sp³-hybridized carbons (Fsp3) is 0.100. The zero-order chi connectivity index (χ0) is 18.8. The predicted octanol–water partition coefficient (Wildman–Crippen LogP) is 3.55. The van der Waals surface area contributed by atoms with Crippen molar-refractivity contribution in [3.8, 4) is 0 Å². The van der Waals surface area contributed by atoms with Crippen LogP contribution in [-0.2, 0) is 10.5 Å². The van der Waals surface area contributed by atoms with Gasteiger partial charge in [-0.1, -0.05) is 36.0 Å². The van der Waals surface area contributed by atoms with Gasteiger partial charge in [0.25, 0.3) is 5.56 Å². The molecular formula is C20H15N3O3S. The Morgan fingerprint density at radius 3 is 2.78 bits per heavy atom. The van der Waals surface area contributed by atoms with Gasteiger partial charge in [0, 0.05) is 5.39 Å². The first kappa shape index (κ1) is 17.2. The van der Waals surface area contributed by atoms with Gasteiger partial charge in [-0.2, -0.15) is 0 Å². The Morgan fingerprint density at radius 2 is 1.93 bits per heavy atom. The number of para-hydroxylation sites is 1. The van der Waals surface area contributed by atoms with Gasteiger partial charge in [0.1, 0.15) is 5.82 Å². The van der Waals surface area contributed by atoms with Gasteiger partial charge in [0.05, 0.1) is 39.9 Å². The number of thioether (sulfide) groups is 1. The summed E-state index contributed by atoms with van der Waals surface area (Å²) in [6, 6.07) is 16.6. The van der Waals surface area contributed by atoms with E-state index in [0.717, 1.165) is 15.9 Å². The Kier molecular flexibility index (Phi) is 4.60. The van der Waals surface area contributed by atoms with Gasteiger partial charge >= 0.3 is 5.97 Å². The van der Waals surface area contributed by atoms with E-state index in [-0.39, 0.29) is 5.56 Å². The van der Waals surface area contributed by atoms with Crippen LogP contribution in [0.15, 0.2) is 64.4 Å². The second-order valence-electron chi connectivity index (χ2n) is 5.87. The van der Waals surface area contributed by atoms with E-state index in [9.17, 15) is 9.59 Å². The van der Waals surface area contributed by atoms with E-state index in [1.54, 1.807) is 18.2 Å². The summed E-state index contributed by atoms with van der Waals surface area (Å²) >= 11 is 1.49. The molecule has 4 rings (SSSR count). The smallest absolute Gasteiger partial charge is 0.337 e. The molecule has 2 heterocycles. The Labute approximate surface area is 158 Å². The lowest BCUT2D eigenvalue weighted by Crippen LogP contribution is -2.12. The van der Waals surface area contributed by atoms with Crippen molar-refractivity contribution >= 4 is 39.5 Å². The average molecular weight is 377 g/mol. The molecule has 0 amide bonds. The Bertz CT molecular complexity index is 1220. The van der Waals surface area contributed by atoms with Crippen LogP contribution in [0.25, 0.3) is 21.8 Å². The minimum absolute atomic E-state index is 0.238. The normalized spacial score (nSPS) is 11.0. The molecule has 0 saturated carbocycles. The number of methoxy groups -OCH3 is 1. The molecule has 0 bridgehead atoms. The highest BCUT2D eigenvalue weighted by molar-refractivity contribution is 7.98. The first-order valence-electron chi connectivity index (χ1n) is 8.24. The van der Waals surface area contributed by atoms with Crippen LogP contribution in [0.1, 0.15) is 16.2 Å². The number of hydrogen-bond donors (Lipinski definition) is 1. The van der Waals surface area contributed by atoms with Gasteiger partial charge in [0.2, 0.25) is 0 Å². The third kappa shape index (κ3) is 3.54. The van der Waals surface area contributed by atoms with Gasteiger partial charge in [0.15, 0.2) is 0 Å². The quantitative estimate of drug-likeness (QED) is 0.432. The Hall–Kier alpha value is -3.19. The maximum absolute atomic E-state index is 12.3. The van der Waals surface area contributed by atoms with Crippen molar-refractivity contribution < 1.29 is 9.53 Å². The zero-order valence-corrected chi connectivity index (χ0v) is 15.2. The number of benzene rings is 2. The number of rotatable bonds is 4. The monoisotopic (exact) mass is 377 g/mol. The van der Waals surface area contributed by atoms with Crippen molar-refractivity contribution in [3.63, 3.8) is 0 Å². The number of esters is 1. The third-order valence-corrected chi connectivity index (χ3v) is 5.05. The van der Waals surface area contributed by atoms with Crippen molar-refractivity contribution in [1.82, 2.24) is 15.0 Å². The summed E-state index contributed by atoms with van der Waals surface area (Å²) in [4.78, 5) is 35.9. The van der Waals surface area contributed by atoms with Crippen molar-refractivity contribution in [2.24, 2.45) is 0 Å². The number of H-pyrrole nitrogens is 1. The molecule has 2 aromatic carbocycles. The van der Waals surface area contributed by atoms with Crippen LogP contribution in [0.5, 0.6) is 0 Å². The molecule has 7 heteroatoms. The second-order valence-corrected chi connectivity index (χ2v) is 6.86. The molecule has 0 aliphatic rings. The number of carbonyl (C=O) groups is 1. The summed E-state index contributed by atoms with van der Waals surface area (Å²) in [5, 5.41) is 2.36. The molecule has 134 valence electrons. The number of nitrogens with zero attached hydrogens (tertiary/aromatic N) is 2. The molecule has 1 N–H and O–H groups in total. The van der Waals surface area contributed by atoms with E-state index in [1.807, 2.05) is 36.4 Å². The van der Waals surface area contributed by atoms with Gasteiger partial charge in [-0.25, -0.2) is 14.8 Å². The van der Waals surface area contributed by atoms with Gasteiger partial charge in [-0.3, -0.25) is 4.79 Å². The van der Waals surface area contributed by atoms with Crippen molar-refractivity contribution in [3.05, 3.63) is 76.3 Å². The molecule has 0 aliphatic heterocycles. The molecule has 0 aliphatic carbocycles. The standard InChI is InChI=1S/C20H15N3O3S/c1-26-20(25)13-6-8-14-16(10-13)21-17(23-19(14)24)11-27-18-9-7-12-4-2-3-5-15(12)22-18/h2-10H,11H2,1H3,(H,21,23,24). The maximum Gasteiger partial charge on any atom is 0.337 e. The fourth-order valence-electron chi connectivity index (χ4n) is 2.77. The molecular weight excluding hydrogens is 362 g/mol. The predicted molar refractivity (Wildman–Crippen MR) is 105 cm³/mol. The highest BCUT2D eigenvalue weighted by atomic mass is 32.2. The fourth-order valence-corrected chi connectivity index (χ4v) is 3.52. The molecule has 0 atom stereocenters. The molecule has 0 radical (unpaired) electrons. The summed E-state index contributed by atoms with van der Waals surface area (Å²) < 4.78 is 4.72. The SMILES string of the molecule is COC(=O)c1ccc2c(=O)[nH]c(CSc3ccc4ccccc4n3)nc2c1. The number of fused-ring (bicyclic) bond motifs is 2. The lowest BCUT2D eigenvalue weighted by Gasteiger charge is -2.05. The number of pyridine rings is 1. The van der Waals surface area contributed by atoms with Crippen molar-refractivity contribution in [2.45, 2.75) is 10.8 Å². The van der Waals surface area contributed by atoms with Crippen LogP contribution in [0, 0.1) is 0 Å². The molecule has 0 unspecified atom stereocenters. The highest BCUT2D eigenvalue weighted by Gasteiger charge is 2.10. The number of aromatic amines is 1. The largest absolute Gasteiger partial charge is 0.465 e. The summed E-state index contributed by atoms with van der Waals surface area (Å²) in [6.07, 6.45) is 0. The van der Waals surface area contributed by atoms with Gasteiger partial charge in [-0.05, 0) is 30.3 Å². The number of carbonyl (C=O) groups excluding carboxylic acids is 1. The number of nitrogens with one attached hydrogen (secondary N) is 1. The lowest BCUT2D eigenvalue weighted by molar-refractivity contribution is 0.0601. The second kappa shape index (κ2) is 7.20. The van der Waals surface area contributed by atoms with Crippen LogP contribution in [0.2, 0.25) is 0 Å². The molecule has 0 saturated heterocycles. The van der Waals surface area contributed by atoms with Crippen LogP contribution < -0.4 is 5.56 Å². The van der Waals surface area contributed by atoms with Crippen molar-refractivity contribution in [2.75, 3.05) is 7.11 Å². The summed E-state index contributed by atoms with van der Waals surface area (Å²) in [7, 11) is 1.32. The first-order valence-corrected chi connectivity index (χ1v) is 9.22. The first-order chi connectivity index (χ1) is 13.1. The van der Waals surface area contributed by atoms with Gasteiger partial charge in [-0.15, -0.1) is 0 Å². The summed E-state index contributed by atoms with van der Waals surface area (Å²) in [5.74, 6) is 0.517. The van der Waals surface area contributed by atoms with E-state index in [2.05, 4.69) is 15.0 Å². The molecule has 2 aromatic heterocycles. The topological polar surface area (TPSA) is 84.9 Å². The maximum atomic E-state index is 12.3. The lowest BCUT2D eigenvalue weighted by atomic mass is 10.1. The van der Waals surface area contributed by atoms with Crippen LogP contribution >= 0.6 is 11.8 Å². The highest BCUT2D eigenvalue weighted by Crippen LogP contribution is 2.22. The number of hydrogen-bond acceptors (Lipinski definition) is 6. The van der Waals surface area contributed by atoms with Crippen molar-refractivity contribution in [1.29, 1.82) is 0 Å². The molecule has 6 nitrogen and oxygen atoms in total. The molecule has 27 heavy (non-hydrogen) atoms. The van der Waals surface area contributed by atoms with E-state index in [0.29, 0.717) is 28.0 Å². The van der Waals surface area contributed by atoms with E-state index in [1.165, 1.54) is 18.9 Å². The number of aromatic nitrogens is 3. The number of ether oxygens (including phenoxy) is 1. The third-order valence-electron chi connectivity index (χ3n) is 4.11. The van der Waals surface area contributed by atoms with Crippen LogP contribution in [0.3, 0.4) is 0 Å². The van der Waals surface area contributed by atoms with Crippen LogP contribution in [-0.4, -0.2) is 28.0 Å². The van der Waals surface area contributed by atoms with Crippen LogP contribution in [0.4, 0.5) is 0 Å². The summed E-state index contributed by atoms with van der Waals surface area (Å²) in [5.41, 5.74) is 1.50. The van der Waals surface area contributed by atoms with E-state index in [4.69, 9.17) is 4.74 Å². The summed E-state index contributed by atoms with van der Waals surface area (Å²) in [6.45, 7) is 0. The minimum Gasteiger partial charge on any atom is -0.465 e. The minimum atomic E-state index is -0.463. The molecule has 4 aromatic rings. The Morgan fingerprint density at radius 1 is 1.07 bits per heavy atom. The molecule has 0 fully saturated rings.